The van der Waals surface area contributed by atoms with Crippen molar-refractivity contribution in [3.05, 3.63) is 36.8 Å². The van der Waals surface area contributed by atoms with Crippen LogP contribution in [0.25, 0.3) is 0 Å². The van der Waals surface area contributed by atoms with Crippen molar-refractivity contribution in [2.24, 2.45) is 5.41 Å². The number of hydrogen-bond acceptors (Lipinski definition) is 5. The summed E-state index contributed by atoms with van der Waals surface area (Å²) in [6, 6.07) is 5.27. The standard InChI is InChI=1S/C13H16N4O2/c1-13(2,3)11(18)12(17-9-8-15-16-17)19-10-6-4-5-7-14-10/h4-9,12H,1-3H3. The van der Waals surface area contributed by atoms with Crippen LogP contribution in [0.1, 0.15) is 27.0 Å². The molecule has 19 heavy (non-hydrogen) atoms. The Hall–Kier alpha value is -2.24. The Morgan fingerprint density at radius 2 is 2.11 bits per heavy atom. The molecule has 0 saturated carbocycles. The maximum Gasteiger partial charge on any atom is 0.253 e. The predicted molar refractivity (Wildman–Crippen MR) is 68.4 cm³/mol. The molecule has 0 aliphatic rings. The van der Waals surface area contributed by atoms with E-state index in [2.05, 4.69) is 15.3 Å². The highest BCUT2D eigenvalue weighted by Gasteiger charge is 2.33. The molecule has 2 heterocycles. The zero-order valence-electron chi connectivity index (χ0n) is 11.1. The highest BCUT2D eigenvalue weighted by atomic mass is 16.5. The van der Waals surface area contributed by atoms with Crippen molar-refractivity contribution in [3.8, 4) is 5.88 Å². The van der Waals surface area contributed by atoms with E-state index in [1.165, 1.54) is 10.9 Å². The van der Waals surface area contributed by atoms with E-state index >= 15 is 0 Å². The number of pyridine rings is 1. The van der Waals surface area contributed by atoms with E-state index in [-0.39, 0.29) is 5.78 Å². The van der Waals surface area contributed by atoms with Crippen molar-refractivity contribution in [1.29, 1.82) is 0 Å². The van der Waals surface area contributed by atoms with Gasteiger partial charge in [-0.05, 0) is 6.07 Å². The number of hydrogen-bond donors (Lipinski definition) is 0. The second kappa shape index (κ2) is 5.17. The SMILES string of the molecule is CC(C)(C)C(=O)C(Oc1ccccn1)n1ccnn1. The summed E-state index contributed by atoms with van der Waals surface area (Å²) in [6.45, 7) is 5.50. The lowest BCUT2D eigenvalue weighted by atomic mass is 9.90. The highest BCUT2D eigenvalue weighted by Crippen LogP contribution is 2.24. The molecule has 0 aliphatic heterocycles. The van der Waals surface area contributed by atoms with Crippen LogP contribution in [0.3, 0.4) is 0 Å². The van der Waals surface area contributed by atoms with Crippen LogP contribution in [0.2, 0.25) is 0 Å². The molecule has 0 aromatic carbocycles. The van der Waals surface area contributed by atoms with Gasteiger partial charge in [0.1, 0.15) is 0 Å². The van der Waals surface area contributed by atoms with Gasteiger partial charge in [-0.1, -0.05) is 32.1 Å². The lowest BCUT2D eigenvalue weighted by Crippen LogP contribution is -2.34. The van der Waals surface area contributed by atoms with Crippen LogP contribution in [0.5, 0.6) is 5.88 Å². The maximum absolute atomic E-state index is 12.4. The molecule has 0 N–H and O–H groups in total. The van der Waals surface area contributed by atoms with Crippen LogP contribution in [0.4, 0.5) is 0 Å². The van der Waals surface area contributed by atoms with Gasteiger partial charge in [0, 0.05) is 23.9 Å². The van der Waals surface area contributed by atoms with Gasteiger partial charge < -0.3 is 4.74 Å². The first-order chi connectivity index (χ1) is 8.98. The van der Waals surface area contributed by atoms with Gasteiger partial charge in [0.05, 0.1) is 6.20 Å². The first-order valence-electron chi connectivity index (χ1n) is 5.96. The second-order valence-electron chi connectivity index (χ2n) is 5.14. The van der Waals surface area contributed by atoms with Crippen molar-refractivity contribution in [3.63, 3.8) is 0 Å². The number of ether oxygens (including phenoxy) is 1. The number of aromatic nitrogens is 4. The van der Waals surface area contributed by atoms with Crippen molar-refractivity contribution in [2.75, 3.05) is 0 Å². The molecule has 0 bridgehead atoms. The lowest BCUT2D eigenvalue weighted by Gasteiger charge is -2.24. The largest absolute Gasteiger partial charge is 0.444 e. The lowest BCUT2D eigenvalue weighted by molar-refractivity contribution is -0.138. The van der Waals surface area contributed by atoms with Crippen LogP contribution in [-0.2, 0) is 4.79 Å². The van der Waals surface area contributed by atoms with Gasteiger partial charge in [0.15, 0.2) is 0 Å². The first kappa shape index (κ1) is 13.2. The molecule has 2 rings (SSSR count). The van der Waals surface area contributed by atoms with Crippen molar-refractivity contribution in [2.45, 2.75) is 27.0 Å². The zero-order chi connectivity index (χ0) is 13.9. The Morgan fingerprint density at radius 3 is 2.63 bits per heavy atom. The van der Waals surface area contributed by atoms with E-state index in [0.29, 0.717) is 5.88 Å². The molecule has 100 valence electrons. The fourth-order valence-electron chi connectivity index (χ4n) is 1.47. The van der Waals surface area contributed by atoms with Gasteiger partial charge in [0.2, 0.25) is 11.7 Å². The quantitative estimate of drug-likeness (QED) is 0.839. The predicted octanol–water partition coefficient (Wildman–Crippen LogP) is 1.87. The van der Waals surface area contributed by atoms with Crippen LogP contribution in [0.15, 0.2) is 36.8 Å². The van der Waals surface area contributed by atoms with Gasteiger partial charge in [-0.15, -0.1) is 5.10 Å². The Bertz CT molecular complexity index is 532. The first-order valence-corrected chi connectivity index (χ1v) is 5.96. The van der Waals surface area contributed by atoms with Crippen molar-refractivity contribution in [1.82, 2.24) is 20.0 Å². The topological polar surface area (TPSA) is 69.9 Å². The van der Waals surface area contributed by atoms with Gasteiger partial charge in [-0.3, -0.25) is 4.79 Å². The summed E-state index contributed by atoms with van der Waals surface area (Å²) < 4.78 is 7.04. The highest BCUT2D eigenvalue weighted by molar-refractivity contribution is 5.86. The van der Waals surface area contributed by atoms with Gasteiger partial charge in [-0.25, -0.2) is 9.67 Å². The average molecular weight is 260 g/mol. The van der Waals surface area contributed by atoms with Crippen LogP contribution in [0, 0.1) is 5.41 Å². The van der Waals surface area contributed by atoms with Crippen LogP contribution in [-0.4, -0.2) is 25.8 Å². The van der Waals surface area contributed by atoms with Crippen molar-refractivity contribution < 1.29 is 9.53 Å². The molecule has 0 radical (unpaired) electrons. The molecule has 0 fully saturated rings. The molecular weight excluding hydrogens is 244 g/mol. The van der Waals surface area contributed by atoms with Crippen LogP contribution < -0.4 is 4.74 Å². The third-order valence-corrected chi connectivity index (χ3v) is 2.51. The van der Waals surface area contributed by atoms with Crippen molar-refractivity contribution >= 4 is 5.78 Å². The Balaban J connectivity index is 2.28. The third kappa shape index (κ3) is 3.15. The number of carbonyl (C=O) groups excluding carboxylic acids is 1. The Kier molecular flexibility index (Phi) is 3.59. The summed E-state index contributed by atoms with van der Waals surface area (Å²) in [6.07, 6.45) is 3.84. The minimum absolute atomic E-state index is 0.0938. The third-order valence-electron chi connectivity index (χ3n) is 2.51. The molecule has 2 aromatic heterocycles. The van der Waals surface area contributed by atoms with Gasteiger partial charge in [0.25, 0.3) is 6.23 Å². The Labute approximate surface area is 111 Å². The summed E-state index contributed by atoms with van der Waals surface area (Å²) >= 11 is 0. The fraction of sp³-hybridized carbons (Fsp3) is 0.385. The summed E-state index contributed by atoms with van der Waals surface area (Å²) in [4.78, 5) is 16.5. The smallest absolute Gasteiger partial charge is 0.253 e. The van der Waals surface area contributed by atoms with E-state index in [1.807, 2.05) is 20.8 Å². The molecule has 2 aromatic rings. The zero-order valence-corrected chi connectivity index (χ0v) is 11.1. The number of rotatable bonds is 4. The second-order valence-corrected chi connectivity index (χ2v) is 5.14. The normalized spacial score (nSPS) is 13.0. The molecule has 0 saturated heterocycles. The fourth-order valence-corrected chi connectivity index (χ4v) is 1.47. The molecule has 0 spiro atoms. The van der Waals surface area contributed by atoms with Crippen LogP contribution >= 0.6 is 0 Å². The summed E-state index contributed by atoms with van der Waals surface area (Å²) in [7, 11) is 0. The monoisotopic (exact) mass is 260 g/mol. The van der Waals surface area contributed by atoms with E-state index in [0.717, 1.165) is 0 Å². The van der Waals surface area contributed by atoms with E-state index in [1.54, 1.807) is 30.6 Å². The molecule has 0 amide bonds. The molecule has 1 unspecified atom stereocenters. The number of Topliss-reactive ketones (excluding diaryl/α,β-unsaturated/α-hetero) is 1. The minimum Gasteiger partial charge on any atom is -0.444 e. The molecule has 1 atom stereocenters. The van der Waals surface area contributed by atoms with E-state index in [9.17, 15) is 4.79 Å². The maximum atomic E-state index is 12.4. The Morgan fingerprint density at radius 1 is 1.32 bits per heavy atom. The average Bonchev–Trinajstić information content (AvgIpc) is 2.89. The van der Waals surface area contributed by atoms with Gasteiger partial charge in [-0.2, -0.15) is 0 Å². The molecule has 0 aliphatic carbocycles. The minimum atomic E-state index is -0.864. The summed E-state index contributed by atoms with van der Waals surface area (Å²) in [5, 5.41) is 7.55. The van der Waals surface area contributed by atoms with Gasteiger partial charge >= 0.3 is 0 Å². The molecular formula is C13H16N4O2. The molecule has 6 nitrogen and oxygen atoms in total. The summed E-state index contributed by atoms with van der Waals surface area (Å²) in [5.41, 5.74) is -0.550. The van der Waals surface area contributed by atoms with E-state index in [4.69, 9.17) is 4.74 Å². The summed E-state index contributed by atoms with van der Waals surface area (Å²) in [5.74, 6) is 0.282. The molecule has 6 heteroatoms. The number of nitrogens with zero attached hydrogens (tertiary/aromatic N) is 4. The number of ketones is 1. The van der Waals surface area contributed by atoms with E-state index < -0.39 is 11.6 Å². The number of carbonyl (C=O) groups is 1.